The molecule has 3 rings (SSSR count). The number of carbonyl (C=O) groups is 1. The number of benzene rings is 1. The predicted molar refractivity (Wildman–Crippen MR) is 98.1 cm³/mol. The summed E-state index contributed by atoms with van der Waals surface area (Å²) in [5.41, 5.74) is 1.58. The Labute approximate surface area is 149 Å². The smallest absolute Gasteiger partial charge is 0.226 e. The first-order chi connectivity index (χ1) is 12.1. The summed E-state index contributed by atoms with van der Waals surface area (Å²) in [5.74, 6) is 1.37. The third kappa shape index (κ3) is 4.92. The van der Waals surface area contributed by atoms with E-state index in [0.29, 0.717) is 24.2 Å². The molecule has 1 fully saturated rings. The van der Waals surface area contributed by atoms with Gasteiger partial charge in [0.2, 0.25) is 11.8 Å². The van der Waals surface area contributed by atoms with Gasteiger partial charge in [0.1, 0.15) is 6.26 Å². The van der Waals surface area contributed by atoms with E-state index >= 15 is 0 Å². The maximum Gasteiger partial charge on any atom is 0.226 e. The molecule has 0 bridgehead atoms. The molecule has 1 aliphatic rings. The Hall–Kier alpha value is -2.14. The van der Waals surface area contributed by atoms with Gasteiger partial charge in [-0.2, -0.15) is 0 Å². The molecule has 1 aliphatic heterocycles. The number of oxazole rings is 1. The number of carbonyl (C=O) groups excluding carboxylic acids is 1. The average molecular weight is 341 g/mol. The number of amides is 1. The molecule has 5 nitrogen and oxygen atoms in total. The van der Waals surface area contributed by atoms with Crippen molar-refractivity contribution in [3.63, 3.8) is 0 Å². The van der Waals surface area contributed by atoms with Gasteiger partial charge in [0.05, 0.1) is 12.1 Å². The van der Waals surface area contributed by atoms with Crippen molar-refractivity contribution >= 4 is 5.91 Å². The van der Waals surface area contributed by atoms with E-state index in [0.717, 1.165) is 24.6 Å². The van der Waals surface area contributed by atoms with Crippen LogP contribution in [0.2, 0.25) is 0 Å². The molecule has 0 saturated carbocycles. The Morgan fingerprint density at radius 2 is 2.04 bits per heavy atom. The Kier molecular flexibility index (Phi) is 5.87. The highest BCUT2D eigenvalue weighted by Gasteiger charge is 2.20. The average Bonchev–Trinajstić information content (AvgIpc) is 3.09. The van der Waals surface area contributed by atoms with Crippen LogP contribution in [0.25, 0.3) is 11.5 Å². The number of likely N-dealkylation sites (tertiary alicyclic amines) is 1. The number of hydrogen-bond acceptors (Lipinski definition) is 4. The van der Waals surface area contributed by atoms with E-state index < -0.39 is 0 Å². The van der Waals surface area contributed by atoms with Gasteiger partial charge in [-0.3, -0.25) is 9.69 Å². The van der Waals surface area contributed by atoms with Crippen LogP contribution in [-0.4, -0.2) is 41.5 Å². The van der Waals surface area contributed by atoms with Crippen molar-refractivity contribution in [2.45, 2.75) is 39.2 Å². The van der Waals surface area contributed by atoms with Crippen LogP contribution in [0.4, 0.5) is 0 Å². The van der Waals surface area contributed by atoms with Crippen LogP contribution in [-0.2, 0) is 11.2 Å². The molecule has 1 aromatic carbocycles. The van der Waals surface area contributed by atoms with Crippen molar-refractivity contribution in [2.75, 3.05) is 19.6 Å². The highest BCUT2D eigenvalue weighted by atomic mass is 16.3. The Morgan fingerprint density at radius 3 is 2.76 bits per heavy atom. The van der Waals surface area contributed by atoms with Gasteiger partial charge in [-0.1, -0.05) is 25.1 Å². The number of nitrogens with zero attached hydrogens (tertiary/aromatic N) is 2. The molecule has 0 radical (unpaired) electrons. The zero-order valence-electron chi connectivity index (χ0n) is 15.1. The molecular formula is C20H27N3O2. The van der Waals surface area contributed by atoms with Gasteiger partial charge in [0.25, 0.3) is 0 Å². The summed E-state index contributed by atoms with van der Waals surface area (Å²) >= 11 is 0. The quantitative estimate of drug-likeness (QED) is 0.877. The van der Waals surface area contributed by atoms with Crippen LogP contribution in [0.1, 0.15) is 32.4 Å². The molecule has 2 aromatic rings. The van der Waals surface area contributed by atoms with Gasteiger partial charge < -0.3 is 9.73 Å². The monoisotopic (exact) mass is 341 g/mol. The molecule has 0 spiro atoms. The second-order valence-corrected chi connectivity index (χ2v) is 7.06. The summed E-state index contributed by atoms with van der Waals surface area (Å²) in [6.45, 7) is 7.42. The highest BCUT2D eigenvalue weighted by Crippen LogP contribution is 2.19. The van der Waals surface area contributed by atoms with Gasteiger partial charge in [-0.25, -0.2) is 4.98 Å². The molecule has 1 aromatic heterocycles. The fourth-order valence-electron chi connectivity index (χ4n) is 3.19. The van der Waals surface area contributed by atoms with Crippen LogP contribution in [0.15, 0.2) is 41.0 Å². The lowest BCUT2D eigenvalue weighted by atomic mass is 9.98. The molecule has 0 unspecified atom stereocenters. The summed E-state index contributed by atoms with van der Waals surface area (Å²) in [6.07, 6.45) is 4.32. The van der Waals surface area contributed by atoms with E-state index in [1.165, 1.54) is 12.8 Å². The third-order valence-electron chi connectivity index (χ3n) is 4.95. The van der Waals surface area contributed by atoms with E-state index in [-0.39, 0.29) is 12.3 Å². The predicted octanol–water partition coefficient (Wildman–Crippen LogP) is 3.12. The van der Waals surface area contributed by atoms with Crippen LogP contribution in [0, 0.1) is 5.92 Å². The zero-order chi connectivity index (χ0) is 17.6. The molecule has 1 saturated heterocycles. The summed E-state index contributed by atoms with van der Waals surface area (Å²) in [6, 6.07) is 10.1. The molecular weight excluding hydrogens is 314 g/mol. The molecule has 1 atom stereocenters. The van der Waals surface area contributed by atoms with Crippen molar-refractivity contribution in [1.82, 2.24) is 15.2 Å². The van der Waals surface area contributed by atoms with Gasteiger partial charge in [-0.15, -0.1) is 0 Å². The second kappa shape index (κ2) is 8.30. The van der Waals surface area contributed by atoms with Gasteiger partial charge >= 0.3 is 0 Å². The minimum atomic E-state index is -0.00913. The summed E-state index contributed by atoms with van der Waals surface area (Å²) in [4.78, 5) is 19.1. The fourth-order valence-corrected chi connectivity index (χ4v) is 3.19. The van der Waals surface area contributed by atoms with Crippen molar-refractivity contribution in [1.29, 1.82) is 0 Å². The normalized spacial score (nSPS) is 17.4. The number of nitrogens with one attached hydrogen (secondary N) is 1. The topological polar surface area (TPSA) is 58.4 Å². The van der Waals surface area contributed by atoms with Crippen LogP contribution < -0.4 is 5.32 Å². The number of aromatic nitrogens is 1. The molecule has 1 amide bonds. The Bertz CT molecular complexity index is 675. The second-order valence-electron chi connectivity index (χ2n) is 7.06. The van der Waals surface area contributed by atoms with E-state index in [1.54, 1.807) is 6.26 Å². The van der Waals surface area contributed by atoms with Crippen molar-refractivity contribution in [3.8, 4) is 11.5 Å². The van der Waals surface area contributed by atoms with E-state index in [9.17, 15) is 4.79 Å². The van der Waals surface area contributed by atoms with Crippen molar-refractivity contribution < 1.29 is 9.21 Å². The summed E-state index contributed by atoms with van der Waals surface area (Å²) in [5, 5.41) is 3.03. The zero-order valence-corrected chi connectivity index (χ0v) is 15.1. The first-order valence-electron chi connectivity index (χ1n) is 9.12. The number of hydrogen-bond donors (Lipinski definition) is 1. The van der Waals surface area contributed by atoms with Crippen LogP contribution >= 0.6 is 0 Å². The van der Waals surface area contributed by atoms with Crippen molar-refractivity contribution in [2.24, 2.45) is 5.92 Å². The number of rotatable bonds is 6. The van der Waals surface area contributed by atoms with Gasteiger partial charge in [0, 0.05) is 18.2 Å². The van der Waals surface area contributed by atoms with Gasteiger partial charge in [0.15, 0.2) is 0 Å². The van der Waals surface area contributed by atoms with E-state index in [2.05, 4.69) is 29.0 Å². The molecule has 0 aliphatic carbocycles. The third-order valence-corrected chi connectivity index (χ3v) is 4.95. The molecule has 5 heteroatoms. The van der Waals surface area contributed by atoms with Crippen LogP contribution in [0.5, 0.6) is 0 Å². The van der Waals surface area contributed by atoms with Gasteiger partial charge in [-0.05, 0) is 50.9 Å². The minimum absolute atomic E-state index is 0.00913. The molecule has 1 N–H and O–H groups in total. The van der Waals surface area contributed by atoms with E-state index in [4.69, 9.17) is 4.42 Å². The van der Waals surface area contributed by atoms with Crippen molar-refractivity contribution in [3.05, 3.63) is 42.3 Å². The maximum atomic E-state index is 12.2. The Morgan fingerprint density at radius 1 is 1.32 bits per heavy atom. The molecule has 25 heavy (non-hydrogen) atoms. The van der Waals surface area contributed by atoms with Crippen LogP contribution in [0.3, 0.4) is 0 Å². The largest absolute Gasteiger partial charge is 0.444 e. The SMILES string of the molecule is CC1CCN([C@@H](C)CNC(=O)Cc2coc(-c3ccccc3)n2)CC1. The lowest BCUT2D eigenvalue weighted by molar-refractivity contribution is -0.120. The number of piperidine rings is 1. The fraction of sp³-hybridized carbons (Fsp3) is 0.500. The lowest BCUT2D eigenvalue weighted by Gasteiger charge is -2.35. The summed E-state index contributed by atoms with van der Waals surface area (Å²) < 4.78 is 5.48. The standard InChI is InChI=1S/C20H27N3O2/c1-15-8-10-23(11-9-15)16(2)13-21-19(24)12-18-14-25-20(22-18)17-6-4-3-5-7-17/h3-7,14-16H,8-13H2,1-2H3,(H,21,24)/t16-/m0/s1. The summed E-state index contributed by atoms with van der Waals surface area (Å²) in [7, 11) is 0. The molecule has 134 valence electrons. The Balaban J connectivity index is 1.46. The minimum Gasteiger partial charge on any atom is -0.444 e. The maximum absolute atomic E-state index is 12.2. The lowest BCUT2D eigenvalue weighted by Crippen LogP contribution is -2.45. The first-order valence-corrected chi connectivity index (χ1v) is 9.12. The van der Waals surface area contributed by atoms with E-state index in [1.807, 2.05) is 30.3 Å². The first kappa shape index (κ1) is 17.7. The molecule has 2 heterocycles. The highest BCUT2D eigenvalue weighted by molar-refractivity contribution is 5.78.